The molecule has 5 amide bonds. The predicted molar refractivity (Wildman–Crippen MR) is 237 cm³/mol. The van der Waals surface area contributed by atoms with Gasteiger partial charge in [-0.3, -0.25) is 44.1 Å². The third-order valence-electron chi connectivity index (χ3n) is 13.1. The molecule has 4 saturated heterocycles. The van der Waals surface area contributed by atoms with Gasteiger partial charge in [0, 0.05) is 119 Å². The molecule has 1 unspecified atom stereocenters. The summed E-state index contributed by atoms with van der Waals surface area (Å²) in [5, 5.41) is 14.2. The number of rotatable bonds is 15. The van der Waals surface area contributed by atoms with E-state index in [1.54, 1.807) is 41.2 Å². The molecule has 2 N–H and O–H groups in total. The second-order valence-corrected chi connectivity index (χ2v) is 18.2. The number of thioether (sulfide) groups is 1. The maximum atomic E-state index is 13.3. The normalized spacial score (nSPS) is 20.8. The zero-order valence-corrected chi connectivity index (χ0v) is 36.3. The maximum Gasteiger partial charge on any atom is 0.274 e. The number of benzene rings is 1. The number of carbonyl (C=O) groups excluding carboxylic acids is 5. The summed E-state index contributed by atoms with van der Waals surface area (Å²) < 4.78 is 0. The number of hydrogen-bond donors (Lipinski definition) is 2. The van der Waals surface area contributed by atoms with E-state index in [4.69, 9.17) is 0 Å². The number of carbonyl (C=O) groups is 5. The minimum Gasteiger partial charge on any atom is -0.355 e. The Morgan fingerprint density at radius 3 is 2.44 bits per heavy atom. The van der Waals surface area contributed by atoms with Gasteiger partial charge in [0.15, 0.2) is 11.5 Å². The summed E-state index contributed by atoms with van der Waals surface area (Å²) in [5.41, 5.74) is 2.96. The molecule has 0 saturated carbocycles. The Hall–Kier alpha value is -5.19. The van der Waals surface area contributed by atoms with Gasteiger partial charge in [0.1, 0.15) is 6.04 Å². The maximum absolute atomic E-state index is 13.3. The van der Waals surface area contributed by atoms with Gasteiger partial charge >= 0.3 is 0 Å². The minimum absolute atomic E-state index is 0.0422. The number of nitrogens with one attached hydrogen (secondary N) is 2. The first-order valence-corrected chi connectivity index (χ1v) is 23.4. The van der Waals surface area contributed by atoms with E-state index in [-0.39, 0.29) is 36.0 Å². The molecule has 0 bridgehead atoms. The molecule has 328 valence electrons. The van der Waals surface area contributed by atoms with E-state index in [9.17, 15) is 24.0 Å². The SMILES string of the molecule is O=C(/C=C/c1cccnc1)NCCCCC1CCN(C(=O)c2ccc(N3CCC(N4CCN(CCSc5cccc6c5CN(C5CCC(=O)NC5=O)C6=O)CC4)CC3)nn2)CC1. The first-order valence-electron chi connectivity index (χ1n) is 22.4. The molecule has 5 aliphatic rings. The number of fused-ring (bicyclic) bond motifs is 1. The van der Waals surface area contributed by atoms with E-state index in [2.05, 4.69) is 46.6 Å². The minimum atomic E-state index is -0.600. The number of unbranched alkanes of at least 4 members (excludes halogenated alkanes) is 1. The number of imide groups is 1. The highest BCUT2D eigenvalue weighted by molar-refractivity contribution is 7.99. The average molecular weight is 863 g/mol. The summed E-state index contributed by atoms with van der Waals surface area (Å²) >= 11 is 1.77. The molecule has 1 atom stereocenters. The molecule has 0 spiro atoms. The van der Waals surface area contributed by atoms with Crippen molar-refractivity contribution >= 4 is 53.2 Å². The Morgan fingerprint density at radius 2 is 1.69 bits per heavy atom. The number of piperazine rings is 1. The Balaban J connectivity index is 0.692. The van der Waals surface area contributed by atoms with Gasteiger partial charge < -0.3 is 20.0 Å². The molecule has 16 heteroatoms. The molecule has 3 aromatic rings. The van der Waals surface area contributed by atoms with E-state index in [1.807, 2.05) is 41.3 Å². The number of aromatic nitrogens is 3. The smallest absolute Gasteiger partial charge is 0.274 e. The van der Waals surface area contributed by atoms with Crippen molar-refractivity contribution in [2.45, 2.75) is 81.3 Å². The highest BCUT2D eigenvalue weighted by atomic mass is 32.2. The van der Waals surface area contributed by atoms with E-state index < -0.39 is 6.04 Å². The third-order valence-corrected chi connectivity index (χ3v) is 14.2. The van der Waals surface area contributed by atoms with Crippen LogP contribution in [0.2, 0.25) is 0 Å². The fourth-order valence-corrected chi connectivity index (χ4v) is 10.6. The molecule has 0 aliphatic carbocycles. The third kappa shape index (κ3) is 10.9. The lowest BCUT2D eigenvalue weighted by Gasteiger charge is -2.43. The molecule has 62 heavy (non-hydrogen) atoms. The molecule has 15 nitrogen and oxygen atoms in total. The van der Waals surface area contributed by atoms with Gasteiger partial charge in [0.2, 0.25) is 17.7 Å². The molecule has 8 rings (SSSR count). The molecule has 1 aromatic carbocycles. The number of piperidine rings is 3. The quantitative estimate of drug-likeness (QED) is 0.0984. The van der Waals surface area contributed by atoms with Gasteiger partial charge in [-0.05, 0) is 92.0 Å². The summed E-state index contributed by atoms with van der Waals surface area (Å²) in [6, 6.07) is 13.3. The molecule has 5 aliphatic heterocycles. The molecular weight excluding hydrogens is 805 g/mol. The lowest BCUT2D eigenvalue weighted by Crippen LogP contribution is -2.53. The number of anilines is 1. The summed E-state index contributed by atoms with van der Waals surface area (Å²) in [7, 11) is 0. The topological polar surface area (TPSA) is 164 Å². The van der Waals surface area contributed by atoms with Crippen molar-refractivity contribution in [1.29, 1.82) is 0 Å². The van der Waals surface area contributed by atoms with Crippen molar-refractivity contribution in [3.05, 3.63) is 83.3 Å². The van der Waals surface area contributed by atoms with Crippen molar-refractivity contribution in [1.82, 2.24) is 45.4 Å². The number of likely N-dealkylation sites (tertiary alicyclic amines) is 1. The van der Waals surface area contributed by atoms with Gasteiger partial charge in [0.25, 0.3) is 11.8 Å². The van der Waals surface area contributed by atoms with E-state index in [0.29, 0.717) is 42.7 Å². The molecule has 2 aromatic heterocycles. The van der Waals surface area contributed by atoms with Gasteiger partial charge in [0.05, 0.1) is 0 Å². The number of nitrogens with zero attached hydrogens (tertiary/aromatic N) is 8. The highest BCUT2D eigenvalue weighted by Gasteiger charge is 2.40. The highest BCUT2D eigenvalue weighted by Crippen LogP contribution is 2.34. The Kier molecular flexibility index (Phi) is 14.6. The zero-order valence-electron chi connectivity index (χ0n) is 35.5. The summed E-state index contributed by atoms with van der Waals surface area (Å²) in [6.45, 7) is 9.48. The van der Waals surface area contributed by atoms with Crippen LogP contribution in [-0.2, 0) is 20.9 Å². The van der Waals surface area contributed by atoms with Gasteiger partial charge in [-0.25, -0.2) is 0 Å². The predicted octanol–water partition coefficient (Wildman–Crippen LogP) is 3.86. The van der Waals surface area contributed by atoms with Crippen LogP contribution in [0.4, 0.5) is 5.82 Å². The van der Waals surface area contributed by atoms with Crippen LogP contribution in [-0.4, -0.2) is 148 Å². The van der Waals surface area contributed by atoms with Crippen molar-refractivity contribution < 1.29 is 24.0 Å². The molecule has 7 heterocycles. The van der Waals surface area contributed by atoms with Crippen molar-refractivity contribution in [2.24, 2.45) is 5.92 Å². The van der Waals surface area contributed by atoms with Crippen LogP contribution in [0.25, 0.3) is 6.08 Å². The van der Waals surface area contributed by atoms with Gasteiger partial charge in [-0.1, -0.05) is 25.0 Å². The first kappa shape index (κ1) is 43.5. The van der Waals surface area contributed by atoms with E-state index >= 15 is 0 Å². The number of amides is 5. The van der Waals surface area contributed by atoms with E-state index in [1.165, 1.54) is 0 Å². The average Bonchev–Trinajstić information content (AvgIpc) is 3.65. The second-order valence-electron chi connectivity index (χ2n) is 17.0. The standard InChI is InChI=1S/C46H58N10O5S/c57-42(13-9-34-6-4-19-47-31-34)48-20-2-1-5-33-15-21-55(22-16-33)46(61)38-10-12-41(51-50-38)54-23-17-35(18-24-54)53-27-25-52(26-28-53)29-30-62-40-8-3-7-36-37(40)32-56(45(36)60)39-11-14-43(58)49-44(39)59/h3-4,6-10,12-13,19,31,33,35,39H,1-2,5,11,14-18,20-30,32H2,(H,48,57)(H,49,58,59)/b13-9+. The Morgan fingerprint density at radius 1 is 0.871 bits per heavy atom. The van der Waals surface area contributed by atoms with Crippen LogP contribution in [0.3, 0.4) is 0 Å². The summed E-state index contributed by atoms with van der Waals surface area (Å²) in [5.74, 6) is 1.42. The van der Waals surface area contributed by atoms with E-state index in [0.717, 1.165) is 131 Å². The van der Waals surface area contributed by atoms with Crippen molar-refractivity contribution in [3.63, 3.8) is 0 Å². The molecular formula is C46H58N10O5S. The lowest BCUT2D eigenvalue weighted by atomic mass is 9.91. The largest absolute Gasteiger partial charge is 0.355 e. The van der Waals surface area contributed by atoms with Crippen molar-refractivity contribution in [3.8, 4) is 0 Å². The Labute approximate surface area is 368 Å². The van der Waals surface area contributed by atoms with Gasteiger partial charge in [-0.15, -0.1) is 22.0 Å². The van der Waals surface area contributed by atoms with Crippen LogP contribution in [0.1, 0.15) is 89.8 Å². The van der Waals surface area contributed by atoms with Crippen LogP contribution < -0.4 is 15.5 Å². The monoisotopic (exact) mass is 862 g/mol. The number of hydrogen-bond acceptors (Lipinski definition) is 12. The fourth-order valence-electron chi connectivity index (χ4n) is 9.46. The van der Waals surface area contributed by atoms with Crippen LogP contribution in [0, 0.1) is 5.92 Å². The lowest BCUT2D eigenvalue weighted by molar-refractivity contribution is -0.137. The second kappa shape index (κ2) is 20.8. The molecule has 4 fully saturated rings. The number of pyridine rings is 1. The van der Waals surface area contributed by atoms with Crippen LogP contribution in [0.15, 0.2) is 65.8 Å². The summed E-state index contributed by atoms with van der Waals surface area (Å²) in [6.07, 6.45) is 14.6. The molecule has 0 radical (unpaired) electrons. The summed E-state index contributed by atoms with van der Waals surface area (Å²) in [4.78, 5) is 78.9. The Bertz CT molecular complexity index is 2080. The van der Waals surface area contributed by atoms with Gasteiger partial charge in [-0.2, -0.15) is 0 Å². The first-order chi connectivity index (χ1) is 30.3. The zero-order chi connectivity index (χ0) is 42.8. The van der Waals surface area contributed by atoms with Crippen LogP contribution >= 0.6 is 11.8 Å². The fraction of sp³-hybridized carbons (Fsp3) is 0.522. The van der Waals surface area contributed by atoms with Crippen molar-refractivity contribution in [2.75, 3.05) is 76.1 Å². The van der Waals surface area contributed by atoms with Crippen LogP contribution in [0.5, 0.6) is 0 Å².